The molecule has 2 atom stereocenters. The van der Waals surface area contributed by atoms with Crippen molar-refractivity contribution in [3.63, 3.8) is 0 Å². The summed E-state index contributed by atoms with van der Waals surface area (Å²) in [6.45, 7) is 2.95. The van der Waals surface area contributed by atoms with Crippen LogP contribution in [0.15, 0.2) is 42.5 Å². The van der Waals surface area contributed by atoms with Gasteiger partial charge in [-0.15, -0.1) is 0 Å². The molecule has 8 nitrogen and oxygen atoms in total. The number of carboxylic acids is 1. The normalized spacial score (nSPS) is 19.4. The zero-order chi connectivity index (χ0) is 28.8. The summed E-state index contributed by atoms with van der Waals surface area (Å²) in [6.07, 6.45) is -2.18. The Morgan fingerprint density at radius 3 is 2.54 bits per heavy atom. The third-order valence-electron chi connectivity index (χ3n) is 7.35. The zero-order valence-corrected chi connectivity index (χ0v) is 22.1. The van der Waals surface area contributed by atoms with E-state index in [-0.39, 0.29) is 41.9 Å². The summed E-state index contributed by atoms with van der Waals surface area (Å²) in [7, 11) is 0. The number of carboxylic acid groups (broad SMARTS) is 1. The van der Waals surface area contributed by atoms with Gasteiger partial charge in [0.25, 0.3) is 11.8 Å². The Morgan fingerprint density at radius 1 is 1.15 bits per heavy atom. The molecule has 1 aliphatic heterocycles. The first-order valence-electron chi connectivity index (χ1n) is 12.7. The van der Waals surface area contributed by atoms with Crippen LogP contribution in [-0.4, -0.2) is 63.4 Å². The van der Waals surface area contributed by atoms with E-state index in [0.29, 0.717) is 49.3 Å². The van der Waals surface area contributed by atoms with E-state index in [1.165, 1.54) is 12.1 Å². The van der Waals surface area contributed by atoms with Crippen LogP contribution in [0.1, 0.15) is 65.6 Å². The second kappa shape index (κ2) is 11.7. The fourth-order valence-corrected chi connectivity index (χ4v) is 5.45. The zero-order valence-electron chi connectivity index (χ0n) is 21.4. The van der Waals surface area contributed by atoms with Crippen molar-refractivity contribution in [2.45, 2.75) is 45.8 Å². The Balaban J connectivity index is 0.00000387. The van der Waals surface area contributed by atoms with Gasteiger partial charge in [0.15, 0.2) is 0 Å². The Bertz CT molecular complexity index is 1550. The second-order valence-electron chi connectivity index (χ2n) is 9.92. The number of nitrogens with zero attached hydrogens (tertiary/aromatic N) is 3. The lowest BCUT2D eigenvalue weighted by Gasteiger charge is -2.33. The van der Waals surface area contributed by atoms with Gasteiger partial charge in [-0.05, 0) is 62.1 Å². The molecule has 2 aromatic carbocycles. The van der Waals surface area contributed by atoms with Crippen LogP contribution in [0, 0.1) is 5.92 Å². The van der Waals surface area contributed by atoms with Crippen molar-refractivity contribution < 1.29 is 37.4 Å². The van der Waals surface area contributed by atoms with Gasteiger partial charge in [0.05, 0.1) is 52.5 Å². The molecule has 1 saturated heterocycles. The molecule has 218 valence electrons. The van der Waals surface area contributed by atoms with Crippen molar-refractivity contribution in [2.75, 3.05) is 19.8 Å². The molecule has 1 aromatic heterocycles. The van der Waals surface area contributed by atoms with E-state index in [4.69, 9.17) is 16.3 Å². The monoisotopic (exact) mass is 591 g/mol. The number of halogens is 4. The summed E-state index contributed by atoms with van der Waals surface area (Å²) < 4.78 is 47.9. The number of hydrogen-bond acceptors (Lipinski definition) is 5. The molecule has 2 heterocycles. The molecule has 12 heteroatoms. The molecule has 1 aliphatic carbocycles. The van der Waals surface area contributed by atoms with Crippen LogP contribution in [0.4, 0.5) is 13.2 Å². The third-order valence-corrected chi connectivity index (χ3v) is 7.66. The van der Waals surface area contributed by atoms with Gasteiger partial charge in [-0.25, -0.2) is 0 Å². The second-order valence-corrected chi connectivity index (χ2v) is 10.3. The van der Waals surface area contributed by atoms with Gasteiger partial charge in [0.1, 0.15) is 0 Å². The summed E-state index contributed by atoms with van der Waals surface area (Å²) in [5.41, 5.74) is -0.571. The molecule has 1 amide bonds. The molecule has 0 bridgehead atoms. The maximum atomic E-state index is 13.9. The number of hydrogen-bond donors (Lipinski definition) is 1. The van der Waals surface area contributed by atoms with Crippen molar-refractivity contribution in [2.24, 2.45) is 5.92 Å². The first-order valence-corrected chi connectivity index (χ1v) is 13.1. The minimum Gasteiger partial charge on any atom is -0.481 e. The van der Waals surface area contributed by atoms with Crippen molar-refractivity contribution in [1.82, 2.24) is 14.7 Å². The number of aliphatic carboxylic acids is 1. The number of allylic oxidation sites excluding steroid dienone is 2. The Morgan fingerprint density at radius 2 is 1.90 bits per heavy atom. The number of amides is 1. The number of carbonyl (C=O) groups is 3. The van der Waals surface area contributed by atoms with Crippen molar-refractivity contribution >= 4 is 45.9 Å². The number of ether oxygens (including phenoxy) is 1. The van der Waals surface area contributed by atoms with Crippen LogP contribution in [0.5, 0.6) is 0 Å². The number of benzene rings is 2. The number of morpholine rings is 1. The minimum absolute atomic E-state index is 0. The molecule has 0 saturated carbocycles. The van der Waals surface area contributed by atoms with Gasteiger partial charge < -0.3 is 14.7 Å². The molecule has 3 aromatic rings. The third kappa shape index (κ3) is 5.73. The largest absolute Gasteiger partial charge is 0.481 e. The van der Waals surface area contributed by atoms with E-state index in [1.807, 2.05) is 6.92 Å². The van der Waals surface area contributed by atoms with Crippen LogP contribution in [0.2, 0.25) is 5.02 Å². The fraction of sp³-hybridized carbons (Fsp3) is 0.379. The molecule has 1 fully saturated rings. The number of alkyl halides is 3. The van der Waals surface area contributed by atoms with E-state index in [0.717, 1.165) is 16.8 Å². The predicted molar refractivity (Wildman–Crippen MR) is 147 cm³/mol. The van der Waals surface area contributed by atoms with Crippen LogP contribution >= 0.6 is 11.6 Å². The first-order chi connectivity index (χ1) is 19.0. The van der Waals surface area contributed by atoms with Gasteiger partial charge in [-0.3, -0.25) is 14.4 Å². The van der Waals surface area contributed by atoms with Crippen LogP contribution in [-0.2, 0) is 15.7 Å². The number of aromatic nitrogens is 2. The number of carbonyl (C=O) groups excluding carboxylic acids is 2. The first kappa shape index (κ1) is 30.3. The molecule has 1 unspecified atom stereocenters. The van der Waals surface area contributed by atoms with Gasteiger partial charge in [-0.2, -0.15) is 23.0 Å². The van der Waals surface area contributed by atoms with E-state index in [1.54, 1.807) is 23.1 Å². The highest BCUT2D eigenvalue weighted by Crippen LogP contribution is 2.38. The molecular weight excluding hydrogens is 563 g/mol. The lowest BCUT2D eigenvalue weighted by atomic mass is 9.87. The fourth-order valence-electron chi connectivity index (χ4n) is 5.19. The molecule has 41 heavy (non-hydrogen) atoms. The molecule has 5 rings (SSSR count). The molecule has 0 spiro atoms. The SMILES string of the molecule is C.C[C@H]1COCCN1C(=O)c1ccc2c(C3=CCC(C(=O)O)CC3)nn(C(=O)c3c(Cl)cccc3C(F)(F)F)c2c1. The summed E-state index contributed by atoms with van der Waals surface area (Å²) in [6, 6.07) is 7.54. The molecule has 0 radical (unpaired) electrons. The van der Waals surface area contributed by atoms with Crippen LogP contribution in [0.3, 0.4) is 0 Å². The predicted octanol–water partition coefficient (Wildman–Crippen LogP) is 6.16. The number of fused-ring (bicyclic) bond motifs is 1. The lowest BCUT2D eigenvalue weighted by molar-refractivity contribution is -0.142. The van der Waals surface area contributed by atoms with E-state index in [2.05, 4.69) is 5.10 Å². The Labute approximate surface area is 239 Å². The van der Waals surface area contributed by atoms with Gasteiger partial charge >= 0.3 is 12.1 Å². The maximum Gasteiger partial charge on any atom is 0.417 e. The van der Waals surface area contributed by atoms with Crippen LogP contribution in [0.25, 0.3) is 16.5 Å². The average molecular weight is 592 g/mol. The van der Waals surface area contributed by atoms with E-state index < -0.39 is 35.1 Å². The highest BCUT2D eigenvalue weighted by atomic mass is 35.5. The van der Waals surface area contributed by atoms with Crippen LogP contribution < -0.4 is 0 Å². The van der Waals surface area contributed by atoms with Gasteiger partial charge in [-0.1, -0.05) is 31.2 Å². The standard InChI is InChI=1S/C28H25ClF3N3O5.CH4/c1-15-14-40-12-11-34(15)25(36)18-9-10-19-22(13-18)35(33-24(19)16-5-7-17(8-6-16)27(38)39)26(37)23-20(28(30,31)32)3-2-4-21(23)29;/h2-5,9-10,13,15,17H,6-8,11-12,14H2,1H3,(H,38,39);1H4/t15-,17?;/m0./s1. The van der Waals surface area contributed by atoms with Crippen molar-refractivity contribution in [3.8, 4) is 0 Å². The highest BCUT2D eigenvalue weighted by molar-refractivity contribution is 6.34. The van der Waals surface area contributed by atoms with Crippen molar-refractivity contribution in [3.05, 3.63) is 69.9 Å². The van der Waals surface area contributed by atoms with E-state index in [9.17, 15) is 32.7 Å². The molecule has 1 N–H and O–H groups in total. The summed E-state index contributed by atoms with van der Waals surface area (Å²) in [5.74, 6) is -2.89. The van der Waals surface area contributed by atoms with Gasteiger partial charge in [0.2, 0.25) is 0 Å². The average Bonchev–Trinajstić information content (AvgIpc) is 3.31. The Kier molecular flexibility index (Phi) is 8.60. The van der Waals surface area contributed by atoms with Crippen molar-refractivity contribution in [1.29, 1.82) is 0 Å². The summed E-state index contributed by atoms with van der Waals surface area (Å²) in [4.78, 5) is 40.2. The smallest absolute Gasteiger partial charge is 0.417 e. The topological polar surface area (TPSA) is 102 Å². The highest BCUT2D eigenvalue weighted by Gasteiger charge is 2.38. The molecule has 2 aliphatic rings. The van der Waals surface area contributed by atoms with Gasteiger partial charge in [0, 0.05) is 17.5 Å². The maximum absolute atomic E-state index is 13.9. The minimum atomic E-state index is -4.85. The molecular formula is C29H29ClF3N3O5. The Hall–Kier alpha value is -3.70. The summed E-state index contributed by atoms with van der Waals surface area (Å²) >= 11 is 6.13. The number of rotatable bonds is 4. The lowest BCUT2D eigenvalue weighted by Crippen LogP contribution is -2.47. The van der Waals surface area contributed by atoms with E-state index >= 15 is 0 Å². The quantitative estimate of drug-likeness (QED) is 0.390. The summed E-state index contributed by atoms with van der Waals surface area (Å²) in [5, 5.41) is 13.8.